The molecule has 2 N–H and O–H groups in total. The minimum atomic E-state index is 0.0527. The third kappa shape index (κ3) is 4.54. The highest BCUT2D eigenvalue weighted by atomic mass is 16.5. The Morgan fingerprint density at radius 2 is 2.05 bits per heavy atom. The van der Waals surface area contributed by atoms with Crippen molar-refractivity contribution in [1.82, 2.24) is 4.90 Å². The van der Waals surface area contributed by atoms with Crippen molar-refractivity contribution in [2.75, 3.05) is 39.4 Å². The molecule has 0 saturated carbocycles. The van der Waals surface area contributed by atoms with Crippen molar-refractivity contribution in [2.24, 2.45) is 4.99 Å². The lowest BCUT2D eigenvalue weighted by Gasteiger charge is -2.26. The molecule has 0 aromatic heterocycles. The highest BCUT2D eigenvalue weighted by Gasteiger charge is 2.08. The number of nitrogens with zero attached hydrogens (tertiary/aromatic N) is 2. The van der Waals surface area contributed by atoms with Crippen LogP contribution in [0.4, 0.5) is 0 Å². The fraction of sp³-hybridized carbons (Fsp3) is 0.500. The van der Waals surface area contributed by atoms with Gasteiger partial charge in [-0.25, -0.2) is 0 Å². The quantitative estimate of drug-likeness (QED) is 0.620. The summed E-state index contributed by atoms with van der Waals surface area (Å²) in [5, 5.41) is 18.7. The van der Waals surface area contributed by atoms with Crippen LogP contribution in [0.1, 0.15) is 12.0 Å². The van der Waals surface area contributed by atoms with Crippen molar-refractivity contribution in [3.05, 3.63) is 23.8 Å². The topological polar surface area (TPSA) is 65.3 Å². The number of ether oxygens (including phenoxy) is 1. The molecular formula is C14H20N2O3. The van der Waals surface area contributed by atoms with Gasteiger partial charge in [0.15, 0.2) is 0 Å². The third-order valence-electron chi connectivity index (χ3n) is 3.11. The summed E-state index contributed by atoms with van der Waals surface area (Å²) in [6.45, 7) is 5.42. The second-order valence-electron chi connectivity index (χ2n) is 4.59. The Kier molecular flexibility index (Phi) is 5.18. The Morgan fingerprint density at radius 1 is 1.26 bits per heavy atom. The zero-order valence-corrected chi connectivity index (χ0v) is 11.0. The summed E-state index contributed by atoms with van der Waals surface area (Å²) < 4.78 is 5.29. The van der Waals surface area contributed by atoms with E-state index in [9.17, 15) is 10.2 Å². The van der Waals surface area contributed by atoms with Crippen LogP contribution in [0.3, 0.4) is 0 Å². The van der Waals surface area contributed by atoms with E-state index in [0.29, 0.717) is 5.56 Å². The van der Waals surface area contributed by atoms with E-state index in [1.54, 1.807) is 12.3 Å². The number of aliphatic imine (C=N–C) groups is 1. The van der Waals surface area contributed by atoms with Gasteiger partial charge in [-0.05, 0) is 18.6 Å². The summed E-state index contributed by atoms with van der Waals surface area (Å²) in [6.07, 6.45) is 2.64. The predicted molar refractivity (Wildman–Crippen MR) is 74.1 cm³/mol. The third-order valence-corrected chi connectivity index (χ3v) is 3.11. The van der Waals surface area contributed by atoms with Crippen molar-refractivity contribution < 1.29 is 14.9 Å². The molecule has 2 rings (SSSR count). The second-order valence-corrected chi connectivity index (χ2v) is 4.59. The number of aromatic hydroxyl groups is 2. The monoisotopic (exact) mass is 264 g/mol. The number of hydrogen-bond acceptors (Lipinski definition) is 5. The second kappa shape index (κ2) is 7.11. The standard InChI is InChI=1S/C14H20N2O3/c17-13-3-2-12(14(18)10-13)11-15-4-1-5-16-6-8-19-9-7-16/h2-3,10-11,17-18H,1,4-9H2. The molecule has 0 atom stereocenters. The molecule has 0 spiro atoms. The van der Waals surface area contributed by atoms with E-state index in [4.69, 9.17) is 4.74 Å². The summed E-state index contributed by atoms with van der Waals surface area (Å²) >= 11 is 0. The Bertz CT molecular complexity index is 429. The zero-order valence-electron chi connectivity index (χ0n) is 11.0. The zero-order chi connectivity index (χ0) is 13.5. The van der Waals surface area contributed by atoms with Gasteiger partial charge in [0.1, 0.15) is 11.5 Å². The van der Waals surface area contributed by atoms with E-state index in [-0.39, 0.29) is 11.5 Å². The molecule has 1 fully saturated rings. The van der Waals surface area contributed by atoms with Crippen LogP contribution in [0.5, 0.6) is 11.5 Å². The molecule has 0 bridgehead atoms. The molecule has 1 heterocycles. The molecule has 0 radical (unpaired) electrons. The highest BCUT2D eigenvalue weighted by Crippen LogP contribution is 2.20. The van der Waals surface area contributed by atoms with Crippen LogP contribution in [0.2, 0.25) is 0 Å². The minimum absolute atomic E-state index is 0.0527. The summed E-state index contributed by atoms with van der Waals surface area (Å²) in [5.41, 5.74) is 0.629. The van der Waals surface area contributed by atoms with Crippen LogP contribution >= 0.6 is 0 Å². The van der Waals surface area contributed by atoms with Gasteiger partial charge in [-0.1, -0.05) is 0 Å². The van der Waals surface area contributed by atoms with Gasteiger partial charge in [0.05, 0.1) is 13.2 Å². The van der Waals surface area contributed by atoms with Crippen molar-refractivity contribution in [3.63, 3.8) is 0 Å². The normalized spacial score (nSPS) is 17.1. The SMILES string of the molecule is Oc1ccc(C=NCCCN2CCOCC2)c(O)c1. The maximum Gasteiger partial charge on any atom is 0.128 e. The fourth-order valence-electron chi connectivity index (χ4n) is 2.01. The Hall–Kier alpha value is -1.59. The number of phenols is 2. The number of hydrogen-bond donors (Lipinski definition) is 2. The number of rotatable bonds is 5. The molecule has 1 aliphatic rings. The lowest BCUT2D eigenvalue weighted by atomic mass is 10.2. The van der Waals surface area contributed by atoms with Gasteiger partial charge in [0, 0.05) is 44.0 Å². The molecule has 104 valence electrons. The maximum absolute atomic E-state index is 9.58. The van der Waals surface area contributed by atoms with E-state index in [0.717, 1.165) is 45.8 Å². The van der Waals surface area contributed by atoms with Gasteiger partial charge in [0.25, 0.3) is 0 Å². The van der Waals surface area contributed by atoms with Crippen LogP contribution in [-0.2, 0) is 4.74 Å². The van der Waals surface area contributed by atoms with Gasteiger partial charge < -0.3 is 14.9 Å². The lowest BCUT2D eigenvalue weighted by Crippen LogP contribution is -2.37. The van der Waals surface area contributed by atoms with Crippen molar-refractivity contribution in [3.8, 4) is 11.5 Å². The van der Waals surface area contributed by atoms with Crippen LogP contribution in [-0.4, -0.2) is 60.7 Å². The minimum Gasteiger partial charge on any atom is -0.508 e. The van der Waals surface area contributed by atoms with E-state index in [2.05, 4.69) is 9.89 Å². The first-order valence-corrected chi connectivity index (χ1v) is 6.57. The van der Waals surface area contributed by atoms with Crippen LogP contribution in [0.25, 0.3) is 0 Å². The molecule has 0 amide bonds. The predicted octanol–water partition coefficient (Wildman–Crippen LogP) is 1.24. The van der Waals surface area contributed by atoms with E-state index >= 15 is 0 Å². The van der Waals surface area contributed by atoms with Crippen molar-refractivity contribution >= 4 is 6.21 Å². The molecule has 0 aliphatic carbocycles. The number of morpholine rings is 1. The molecule has 1 aromatic carbocycles. The largest absolute Gasteiger partial charge is 0.508 e. The molecule has 1 aliphatic heterocycles. The molecule has 1 saturated heterocycles. The highest BCUT2D eigenvalue weighted by molar-refractivity contribution is 5.83. The number of benzene rings is 1. The van der Waals surface area contributed by atoms with Crippen molar-refractivity contribution in [2.45, 2.75) is 6.42 Å². The molecular weight excluding hydrogens is 244 g/mol. The van der Waals surface area contributed by atoms with Crippen LogP contribution in [0, 0.1) is 0 Å². The first-order chi connectivity index (χ1) is 9.25. The molecule has 5 heteroatoms. The molecule has 1 aromatic rings. The fourth-order valence-corrected chi connectivity index (χ4v) is 2.01. The first-order valence-electron chi connectivity index (χ1n) is 6.57. The van der Waals surface area contributed by atoms with Crippen LogP contribution in [0.15, 0.2) is 23.2 Å². The van der Waals surface area contributed by atoms with Gasteiger partial charge in [0.2, 0.25) is 0 Å². The van der Waals surface area contributed by atoms with E-state index < -0.39 is 0 Å². The van der Waals surface area contributed by atoms with Gasteiger partial charge in [-0.15, -0.1) is 0 Å². The Balaban J connectivity index is 1.71. The molecule has 0 unspecified atom stereocenters. The maximum atomic E-state index is 9.58. The molecule has 5 nitrogen and oxygen atoms in total. The van der Waals surface area contributed by atoms with Gasteiger partial charge in [-0.3, -0.25) is 9.89 Å². The van der Waals surface area contributed by atoms with E-state index in [1.807, 2.05) is 0 Å². The van der Waals surface area contributed by atoms with Crippen molar-refractivity contribution in [1.29, 1.82) is 0 Å². The van der Waals surface area contributed by atoms with E-state index in [1.165, 1.54) is 12.1 Å². The summed E-state index contributed by atoms with van der Waals surface area (Å²) in [5.74, 6) is 0.110. The summed E-state index contributed by atoms with van der Waals surface area (Å²) in [6, 6.07) is 4.50. The molecule has 19 heavy (non-hydrogen) atoms. The summed E-state index contributed by atoms with van der Waals surface area (Å²) in [7, 11) is 0. The smallest absolute Gasteiger partial charge is 0.128 e. The van der Waals surface area contributed by atoms with Gasteiger partial charge >= 0.3 is 0 Å². The average molecular weight is 264 g/mol. The first kappa shape index (κ1) is 13.8. The average Bonchev–Trinajstić information content (AvgIpc) is 2.42. The van der Waals surface area contributed by atoms with Gasteiger partial charge in [-0.2, -0.15) is 0 Å². The summed E-state index contributed by atoms with van der Waals surface area (Å²) in [4.78, 5) is 6.66. The Morgan fingerprint density at radius 3 is 2.79 bits per heavy atom. The Labute approximate surface area is 113 Å². The van der Waals surface area contributed by atoms with Crippen LogP contribution < -0.4 is 0 Å². The number of phenolic OH excluding ortho intramolecular Hbond substituents is 2. The lowest BCUT2D eigenvalue weighted by molar-refractivity contribution is 0.0377.